The summed E-state index contributed by atoms with van der Waals surface area (Å²) in [5, 5.41) is 11.3. The van der Waals surface area contributed by atoms with E-state index in [1.54, 1.807) is 0 Å². The zero-order chi connectivity index (χ0) is 14.9. The number of nitrogens with one attached hydrogen (secondary N) is 1. The number of amides is 2. The lowest BCUT2D eigenvalue weighted by molar-refractivity contribution is -0.144. The molecule has 2 amide bonds. The van der Waals surface area contributed by atoms with Crippen LogP contribution in [-0.2, 0) is 9.59 Å². The molecule has 0 radical (unpaired) electrons. The van der Waals surface area contributed by atoms with Gasteiger partial charge in [0.25, 0.3) is 5.91 Å². The van der Waals surface area contributed by atoms with E-state index in [1.807, 2.05) is 0 Å². The number of nitrogens with zero attached hydrogens (tertiary/aromatic N) is 1. The Balaban J connectivity index is 2.33. The lowest BCUT2D eigenvalue weighted by atomic mass is 10.1. The molecule has 1 heterocycles. The van der Waals surface area contributed by atoms with Gasteiger partial charge in [0, 0.05) is 6.54 Å². The van der Waals surface area contributed by atoms with Gasteiger partial charge in [-0.25, -0.2) is 9.18 Å². The van der Waals surface area contributed by atoms with Crippen molar-refractivity contribution in [1.29, 1.82) is 0 Å². The highest BCUT2D eigenvalue weighted by Crippen LogP contribution is 2.20. The minimum Gasteiger partial charge on any atom is -0.480 e. The van der Waals surface area contributed by atoms with Crippen molar-refractivity contribution in [2.45, 2.75) is 6.04 Å². The molecule has 0 aromatic heterocycles. The first-order valence-corrected chi connectivity index (χ1v) is 6.03. The molecular weight excluding hydrogens is 291 g/mol. The van der Waals surface area contributed by atoms with Crippen molar-refractivity contribution in [2.24, 2.45) is 0 Å². The monoisotopic (exact) mass is 300 g/mol. The van der Waals surface area contributed by atoms with Crippen molar-refractivity contribution in [3.8, 4) is 0 Å². The summed E-state index contributed by atoms with van der Waals surface area (Å²) >= 11 is 5.77. The standard InChI is InChI=1S/C12H10ClFN2O4/c13-8-3-6(14)1-2-7(8)11(18)16-5-10(17)15-4-9(16)12(19)20/h1-3,9H,4-5H2,(H,15,17)(H,19,20). The molecular formula is C12H10ClFN2O4. The summed E-state index contributed by atoms with van der Waals surface area (Å²) in [4.78, 5) is 35.6. The summed E-state index contributed by atoms with van der Waals surface area (Å²) in [6.45, 7) is -0.567. The summed E-state index contributed by atoms with van der Waals surface area (Å²) in [7, 11) is 0. The molecule has 1 aliphatic rings. The number of hydrogen-bond donors (Lipinski definition) is 2. The first-order chi connectivity index (χ1) is 9.40. The van der Waals surface area contributed by atoms with Crippen molar-refractivity contribution in [2.75, 3.05) is 13.1 Å². The van der Waals surface area contributed by atoms with E-state index in [0.29, 0.717) is 0 Å². The van der Waals surface area contributed by atoms with Gasteiger partial charge in [0.2, 0.25) is 5.91 Å². The first-order valence-electron chi connectivity index (χ1n) is 5.65. The fraction of sp³-hybridized carbons (Fsp3) is 0.250. The number of aliphatic carboxylic acids is 1. The number of benzene rings is 1. The van der Waals surface area contributed by atoms with Gasteiger partial charge in [-0.15, -0.1) is 0 Å². The SMILES string of the molecule is O=C1CN(C(=O)c2ccc(F)cc2Cl)C(C(=O)O)CN1. The number of piperazine rings is 1. The van der Waals surface area contributed by atoms with Crippen LogP contribution in [-0.4, -0.2) is 46.9 Å². The Morgan fingerprint density at radius 2 is 2.15 bits per heavy atom. The molecule has 1 aromatic carbocycles. The van der Waals surface area contributed by atoms with Gasteiger partial charge >= 0.3 is 5.97 Å². The second-order valence-corrected chi connectivity index (χ2v) is 4.62. The molecule has 2 rings (SSSR count). The average molecular weight is 301 g/mol. The Kier molecular flexibility index (Phi) is 3.89. The maximum absolute atomic E-state index is 13.0. The molecule has 1 saturated heterocycles. The Morgan fingerprint density at radius 3 is 2.75 bits per heavy atom. The van der Waals surface area contributed by atoms with E-state index in [1.165, 1.54) is 0 Å². The Labute approximate surface area is 118 Å². The molecule has 20 heavy (non-hydrogen) atoms. The van der Waals surface area contributed by atoms with Crippen LogP contribution in [0.5, 0.6) is 0 Å². The van der Waals surface area contributed by atoms with Gasteiger partial charge in [0.05, 0.1) is 10.6 Å². The van der Waals surface area contributed by atoms with Crippen molar-refractivity contribution >= 4 is 29.4 Å². The summed E-state index contributed by atoms with van der Waals surface area (Å²) in [6.07, 6.45) is 0. The Hall–Kier alpha value is -2.15. The van der Waals surface area contributed by atoms with Gasteiger partial charge in [-0.05, 0) is 18.2 Å². The fourth-order valence-corrected chi connectivity index (χ4v) is 2.14. The second kappa shape index (κ2) is 5.46. The van der Waals surface area contributed by atoms with Crippen molar-refractivity contribution in [3.05, 3.63) is 34.6 Å². The number of carbonyl (C=O) groups excluding carboxylic acids is 2. The minimum absolute atomic E-state index is 0.0472. The molecule has 0 spiro atoms. The highest BCUT2D eigenvalue weighted by atomic mass is 35.5. The molecule has 6 nitrogen and oxygen atoms in total. The van der Waals surface area contributed by atoms with Crippen LogP contribution in [0, 0.1) is 5.82 Å². The smallest absolute Gasteiger partial charge is 0.328 e. The third-order valence-electron chi connectivity index (χ3n) is 2.89. The predicted octanol–water partition coefficient (Wildman–Crippen LogP) is 0.504. The summed E-state index contributed by atoms with van der Waals surface area (Å²) < 4.78 is 13.0. The summed E-state index contributed by atoms with van der Waals surface area (Å²) in [5.74, 6) is -3.04. The summed E-state index contributed by atoms with van der Waals surface area (Å²) in [5.41, 5.74) is -0.0472. The van der Waals surface area contributed by atoms with Gasteiger partial charge < -0.3 is 15.3 Å². The van der Waals surface area contributed by atoms with Crippen LogP contribution in [0.3, 0.4) is 0 Å². The number of hydrogen-bond acceptors (Lipinski definition) is 3. The van der Waals surface area contributed by atoms with Crippen molar-refractivity contribution in [1.82, 2.24) is 10.2 Å². The normalized spacial score (nSPS) is 18.6. The number of halogens is 2. The molecule has 106 valence electrons. The molecule has 0 saturated carbocycles. The van der Waals surface area contributed by atoms with Crippen LogP contribution >= 0.6 is 11.6 Å². The fourth-order valence-electron chi connectivity index (χ4n) is 1.89. The van der Waals surface area contributed by atoms with Crippen LogP contribution in [0.2, 0.25) is 5.02 Å². The highest BCUT2D eigenvalue weighted by molar-refractivity contribution is 6.33. The van der Waals surface area contributed by atoms with Crippen LogP contribution in [0.25, 0.3) is 0 Å². The van der Waals surface area contributed by atoms with Crippen molar-refractivity contribution in [3.63, 3.8) is 0 Å². The zero-order valence-electron chi connectivity index (χ0n) is 10.1. The number of carbonyl (C=O) groups is 3. The number of rotatable bonds is 2. The molecule has 8 heteroatoms. The van der Waals surface area contributed by atoms with Gasteiger partial charge in [0.1, 0.15) is 18.4 Å². The van der Waals surface area contributed by atoms with E-state index in [2.05, 4.69) is 5.32 Å². The van der Waals surface area contributed by atoms with E-state index in [0.717, 1.165) is 23.1 Å². The molecule has 1 aromatic rings. The molecule has 1 fully saturated rings. The second-order valence-electron chi connectivity index (χ2n) is 4.22. The Morgan fingerprint density at radius 1 is 1.45 bits per heavy atom. The van der Waals surface area contributed by atoms with Crippen molar-refractivity contribution < 1.29 is 23.9 Å². The number of carboxylic acids is 1. The third-order valence-corrected chi connectivity index (χ3v) is 3.20. The topological polar surface area (TPSA) is 86.7 Å². The van der Waals surface area contributed by atoms with Crippen LogP contribution in [0.4, 0.5) is 4.39 Å². The first kappa shape index (κ1) is 14.3. The van der Waals surface area contributed by atoms with Crippen LogP contribution < -0.4 is 5.32 Å². The van der Waals surface area contributed by atoms with Gasteiger partial charge in [-0.3, -0.25) is 9.59 Å². The van der Waals surface area contributed by atoms with E-state index in [-0.39, 0.29) is 23.7 Å². The van der Waals surface area contributed by atoms with Gasteiger partial charge in [-0.2, -0.15) is 0 Å². The van der Waals surface area contributed by atoms with E-state index in [4.69, 9.17) is 16.7 Å². The highest BCUT2D eigenvalue weighted by Gasteiger charge is 2.36. The quantitative estimate of drug-likeness (QED) is 0.833. The molecule has 2 N–H and O–H groups in total. The van der Waals surface area contributed by atoms with Crippen LogP contribution in [0.1, 0.15) is 10.4 Å². The van der Waals surface area contributed by atoms with E-state index >= 15 is 0 Å². The largest absolute Gasteiger partial charge is 0.480 e. The lowest BCUT2D eigenvalue weighted by Gasteiger charge is -2.32. The maximum Gasteiger partial charge on any atom is 0.328 e. The van der Waals surface area contributed by atoms with E-state index in [9.17, 15) is 18.8 Å². The zero-order valence-corrected chi connectivity index (χ0v) is 10.9. The van der Waals surface area contributed by atoms with Gasteiger partial charge in [-0.1, -0.05) is 11.6 Å². The average Bonchev–Trinajstić information content (AvgIpc) is 2.37. The molecule has 1 atom stereocenters. The lowest BCUT2D eigenvalue weighted by Crippen LogP contribution is -2.59. The predicted molar refractivity (Wildman–Crippen MR) is 66.9 cm³/mol. The van der Waals surface area contributed by atoms with Gasteiger partial charge in [0.15, 0.2) is 0 Å². The van der Waals surface area contributed by atoms with Crippen LogP contribution in [0.15, 0.2) is 18.2 Å². The third kappa shape index (κ3) is 2.72. The maximum atomic E-state index is 13.0. The molecule has 0 bridgehead atoms. The molecule has 1 aliphatic heterocycles. The summed E-state index contributed by atoms with van der Waals surface area (Å²) in [6, 6.07) is 1.97. The Bertz CT molecular complexity index is 593. The molecule has 0 aliphatic carbocycles. The minimum atomic E-state index is -1.24. The molecule has 1 unspecified atom stereocenters. The van der Waals surface area contributed by atoms with E-state index < -0.39 is 29.6 Å². The number of carboxylic acid groups (broad SMARTS) is 1.